The second-order valence-corrected chi connectivity index (χ2v) is 12.0. The van der Waals surface area contributed by atoms with Crippen LogP contribution in [0.3, 0.4) is 0 Å². The van der Waals surface area contributed by atoms with E-state index in [1.54, 1.807) is 48.4 Å². The average Bonchev–Trinajstić information content (AvgIpc) is 3.14. The first-order valence-corrected chi connectivity index (χ1v) is 16.5. The number of carbonyl (C=O) groups excluding carboxylic acids is 3. The topological polar surface area (TPSA) is 100 Å². The molecule has 0 aliphatic heterocycles. The predicted molar refractivity (Wildman–Crippen MR) is 198 cm³/mol. The lowest BCUT2D eigenvalue weighted by Gasteiger charge is -2.32. The standard InChI is InChI=1S/C41H42N4O5/c1-30(2)45(35-21-25-36(49-3)26-22-35)39(46)28-44(34-17-11-6-12-18-34)40(47)38(43-41(48)42-33-15-9-5-10-16-33)27-31-19-23-37(24-20-31)50-29-32-13-7-4-8-14-32/h4-26,30,38H,27-29H2,1-3H3,(H2,42,43,48)/t38-/m1/s1. The third-order valence-electron chi connectivity index (χ3n) is 8.01. The Labute approximate surface area is 293 Å². The normalized spacial score (nSPS) is 11.3. The van der Waals surface area contributed by atoms with Gasteiger partial charge >= 0.3 is 6.03 Å². The number of benzene rings is 5. The minimum Gasteiger partial charge on any atom is -0.497 e. The van der Waals surface area contributed by atoms with Gasteiger partial charge in [-0.05, 0) is 85.6 Å². The van der Waals surface area contributed by atoms with Gasteiger partial charge in [0.2, 0.25) is 11.8 Å². The third-order valence-corrected chi connectivity index (χ3v) is 8.01. The monoisotopic (exact) mass is 670 g/mol. The Morgan fingerprint density at radius 2 is 1.24 bits per heavy atom. The third kappa shape index (κ3) is 9.73. The van der Waals surface area contributed by atoms with Gasteiger partial charge in [-0.3, -0.25) is 9.59 Å². The molecule has 256 valence electrons. The van der Waals surface area contributed by atoms with Crippen LogP contribution in [-0.2, 0) is 22.6 Å². The van der Waals surface area contributed by atoms with E-state index in [2.05, 4.69) is 10.6 Å². The highest BCUT2D eigenvalue weighted by Gasteiger charge is 2.31. The summed E-state index contributed by atoms with van der Waals surface area (Å²) >= 11 is 0. The van der Waals surface area contributed by atoms with Crippen LogP contribution in [0.15, 0.2) is 140 Å². The van der Waals surface area contributed by atoms with Gasteiger partial charge in [0, 0.05) is 29.5 Å². The maximum absolute atomic E-state index is 14.6. The zero-order valence-corrected chi connectivity index (χ0v) is 28.5. The summed E-state index contributed by atoms with van der Waals surface area (Å²) in [6.45, 7) is 4.01. The largest absolute Gasteiger partial charge is 0.497 e. The molecule has 2 N–H and O–H groups in total. The van der Waals surface area contributed by atoms with Crippen LogP contribution in [0.1, 0.15) is 25.0 Å². The molecule has 0 fully saturated rings. The molecule has 0 aromatic heterocycles. The maximum atomic E-state index is 14.6. The van der Waals surface area contributed by atoms with Crippen LogP contribution in [0.25, 0.3) is 0 Å². The molecule has 0 aliphatic rings. The van der Waals surface area contributed by atoms with E-state index in [-0.39, 0.29) is 24.9 Å². The number of ether oxygens (including phenoxy) is 2. The van der Waals surface area contributed by atoms with Crippen molar-refractivity contribution < 1.29 is 23.9 Å². The van der Waals surface area contributed by atoms with Gasteiger partial charge in [-0.2, -0.15) is 0 Å². The molecule has 5 aromatic carbocycles. The van der Waals surface area contributed by atoms with Crippen molar-refractivity contribution in [2.45, 2.75) is 39.0 Å². The molecule has 0 unspecified atom stereocenters. The highest BCUT2D eigenvalue weighted by Crippen LogP contribution is 2.24. The van der Waals surface area contributed by atoms with Crippen LogP contribution >= 0.6 is 0 Å². The Bertz CT molecular complexity index is 1820. The Kier molecular flexibility index (Phi) is 12.2. The van der Waals surface area contributed by atoms with E-state index in [0.29, 0.717) is 35.2 Å². The molecule has 0 saturated heterocycles. The Morgan fingerprint density at radius 1 is 0.660 bits per heavy atom. The number of anilines is 3. The van der Waals surface area contributed by atoms with E-state index in [9.17, 15) is 14.4 Å². The summed E-state index contributed by atoms with van der Waals surface area (Å²) in [4.78, 5) is 45.0. The molecular weight excluding hydrogens is 628 g/mol. The summed E-state index contributed by atoms with van der Waals surface area (Å²) in [5.41, 5.74) is 3.64. The molecule has 0 saturated carbocycles. The van der Waals surface area contributed by atoms with Gasteiger partial charge in [0.25, 0.3) is 0 Å². The molecule has 5 aromatic rings. The van der Waals surface area contributed by atoms with Crippen molar-refractivity contribution in [2.75, 3.05) is 28.8 Å². The Morgan fingerprint density at radius 3 is 1.84 bits per heavy atom. The summed E-state index contributed by atoms with van der Waals surface area (Å²) in [7, 11) is 1.59. The fourth-order valence-corrected chi connectivity index (χ4v) is 5.52. The number of hydrogen-bond donors (Lipinski definition) is 2. The minimum atomic E-state index is -1.02. The van der Waals surface area contributed by atoms with E-state index in [4.69, 9.17) is 9.47 Å². The summed E-state index contributed by atoms with van der Waals surface area (Å²) in [6.07, 6.45) is 0.171. The Hall–Kier alpha value is -6.09. The number of hydrogen-bond acceptors (Lipinski definition) is 5. The van der Waals surface area contributed by atoms with E-state index < -0.39 is 18.0 Å². The maximum Gasteiger partial charge on any atom is 0.319 e. The summed E-state index contributed by atoms with van der Waals surface area (Å²) < 4.78 is 11.3. The number of nitrogens with one attached hydrogen (secondary N) is 2. The van der Waals surface area contributed by atoms with Crippen LogP contribution in [-0.4, -0.2) is 43.6 Å². The van der Waals surface area contributed by atoms with Gasteiger partial charge in [0.1, 0.15) is 30.7 Å². The van der Waals surface area contributed by atoms with E-state index >= 15 is 0 Å². The highest BCUT2D eigenvalue weighted by atomic mass is 16.5. The number of para-hydroxylation sites is 2. The van der Waals surface area contributed by atoms with Gasteiger partial charge < -0.3 is 29.9 Å². The van der Waals surface area contributed by atoms with Gasteiger partial charge in [-0.25, -0.2) is 4.79 Å². The van der Waals surface area contributed by atoms with Crippen LogP contribution in [0, 0.1) is 0 Å². The molecule has 9 nitrogen and oxygen atoms in total. The lowest BCUT2D eigenvalue weighted by Crippen LogP contribution is -2.54. The van der Waals surface area contributed by atoms with Gasteiger partial charge in [0.15, 0.2) is 0 Å². The molecule has 5 rings (SSSR count). The number of methoxy groups -OCH3 is 1. The van der Waals surface area contributed by atoms with Crippen LogP contribution < -0.4 is 29.9 Å². The van der Waals surface area contributed by atoms with Crippen LogP contribution in [0.2, 0.25) is 0 Å². The zero-order chi connectivity index (χ0) is 35.3. The summed E-state index contributed by atoms with van der Waals surface area (Å²) in [5.74, 6) is 0.633. The van der Waals surface area contributed by atoms with Crippen molar-refractivity contribution in [1.82, 2.24) is 5.32 Å². The highest BCUT2D eigenvalue weighted by molar-refractivity contribution is 6.07. The first kappa shape index (κ1) is 35.2. The first-order valence-electron chi connectivity index (χ1n) is 16.5. The summed E-state index contributed by atoms with van der Waals surface area (Å²) in [5, 5.41) is 5.70. The van der Waals surface area contributed by atoms with Gasteiger partial charge in [0.05, 0.1) is 7.11 Å². The molecule has 0 heterocycles. The van der Waals surface area contributed by atoms with Crippen molar-refractivity contribution in [3.8, 4) is 11.5 Å². The second kappa shape index (κ2) is 17.3. The fraction of sp³-hybridized carbons (Fsp3) is 0.195. The molecule has 1 atom stereocenters. The van der Waals surface area contributed by atoms with E-state index in [0.717, 1.165) is 11.1 Å². The number of carbonyl (C=O) groups is 3. The van der Waals surface area contributed by atoms with E-state index in [1.807, 2.05) is 117 Å². The van der Waals surface area contributed by atoms with Crippen molar-refractivity contribution >= 4 is 34.9 Å². The summed E-state index contributed by atoms with van der Waals surface area (Å²) in [6, 6.07) is 40.8. The molecule has 0 aliphatic carbocycles. The number of urea groups is 1. The van der Waals surface area contributed by atoms with Crippen LogP contribution in [0.4, 0.5) is 21.9 Å². The van der Waals surface area contributed by atoms with Crippen LogP contribution in [0.5, 0.6) is 11.5 Å². The van der Waals surface area contributed by atoms with E-state index in [1.165, 1.54) is 4.90 Å². The molecule has 4 amide bonds. The molecule has 9 heteroatoms. The smallest absolute Gasteiger partial charge is 0.319 e. The van der Waals surface area contributed by atoms with Crippen molar-refractivity contribution in [1.29, 1.82) is 0 Å². The van der Waals surface area contributed by atoms with Crippen molar-refractivity contribution in [3.05, 3.63) is 151 Å². The molecule has 0 bridgehead atoms. The zero-order valence-electron chi connectivity index (χ0n) is 28.5. The average molecular weight is 671 g/mol. The Balaban J connectivity index is 1.40. The molecule has 50 heavy (non-hydrogen) atoms. The fourth-order valence-electron chi connectivity index (χ4n) is 5.52. The molecule has 0 radical (unpaired) electrons. The lowest BCUT2D eigenvalue weighted by molar-refractivity contribution is -0.123. The SMILES string of the molecule is COc1ccc(N(C(=O)CN(C(=O)[C@@H](Cc2ccc(OCc3ccccc3)cc2)NC(=O)Nc2ccccc2)c2ccccc2)C(C)C)cc1. The first-order chi connectivity index (χ1) is 24.3. The number of rotatable bonds is 14. The van der Waals surface area contributed by atoms with Gasteiger partial charge in [-0.1, -0.05) is 78.9 Å². The van der Waals surface area contributed by atoms with Gasteiger partial charge in [-0.15, -0.1) is 0 Å². The minimum absolute atomic E-state index is 0.171. The quantitative estimate of drug-likeness (QED) is 0.128. The molecule has 0 spiro atoms. The van der Waals surface area contributed by atoms with Crippen molar-refractivity contribution in [3.63, 3.8) is 0 Å². The lowest BCUT2D eigenvalue weighted by atomic mass is 10.0. The number of nitrogens with zero attached hydrogens (tertiary/aromatic N) is 2. The number of amides is 4. The molecular formula is C41H42N4O5. The predicted octanol–water partition coefficient (Wildman–Crippen LogP) is 7.48. The van der Waals surface area contributed by atoms with Crippen molar-refractivity contribution in [2.24, 2.45) is 0 Å². The second-order valence-electron chi connectivity index (χ2n) is 12.0.